The number of ether oxygens (including phenoxy) is 2. The van der Waals surface area contributed by atoms with E-state index in [0.29, 0.717) is 22.1 Å². The first kappa shape index (κ1) is 15.9. The number of aromatic amines is 1. The van der Waals surface area contributed by atoms with Gasteiger partial charge in [-0.15, -0.1) is 10.2 Å². The summed E-state index contributed by atoms with van der Waals surface area (Å²) in [5, 5.41) is 16.9. The average Bonchev–Trinajstić information content (AvgIpc) is 2.99. The lowest BCUT2D eigenvalue weighted by molar-refractivity contribution is -0.222. The monoisotopic (exact) mass is 349 g/mol. The first-order chi connectivity index (χ1) is 11.4. The maximum absolute atomic E-state index is 11.9. The molecule has 1 fully saturated rings. The molecule has 1 aromatic heterocycles. The van der Waals surface area contributed by atoms with Gasteiger partial charge < -0.3 is 14.8 Å². The van der Waals surface area contributed by atoms with Crippen LogP contribution in [0, 0.1) is 0 Å². The molecule has 0 unspecified atom stereocenters. The molecule has 2 heterocycles. The van der Waals surface area contributed by atoms with Crippen LogP contribution in [0.4, 0.5) is 5.69 Å². The Labute approximate surface area is 141 Å². The third-order valence-electron chi connectivity index (χ3n) is 3.06. The Morgan fingerprint density at radius 2 is 1.96 bits per heavy atom. The first-order valence-electron chi connectivity index (χ1n) is 6.82. The Hall–Kier alpha value is -2.94. The molecule has 24 heavy (non-hydrogen) atoms. The van der Waals surface area contributed by atoms with Crippen molar-refractivity contribution in [1.29, 1.82) is 0 Å². The second-order valence-electron chi connectivity index (χ2n) is 5.31. The lowest BCUT2D eigenvalue weighted by atomic mass is 10.1. The molecule has 1 saturated heterocycles. The molecule has 1 aliphatic heterocycles. The van der Waals surface area contributed by atoms with E-state index in [0.717, 1.165) is 0 Å². The SMILES string of the molecule is CC1(C)OC(=O)C(=CNc2cc(Cl)ccc2-c2nn[nH]n2)C(=O)O1. The fourth-order valence-electron chi connectivity index (χ4n) is 2.04. The van der Waals surface area contributed by atoms with Crippen LogP contribution in [0.2, 0.25) is 5.02 Å². The molecule has 0 amide bonds. The number of cyclic esters (lactones) is 2. The van der Waals surface area contributed by atoms with Gasteiger partial charge in [-0.2, -0.15) is 5.21 Å². The molecule has 0 radical (unpaired) electrons. The number of nitrogens with one attached hydrogen (secondary N) is 2. The molecule has 0 spiro atoms. The van der Waals surface area contributed by atoms with Gasteiger partial charge in [-0.05, 0) is 23.4 Å². The largest absolute Gasteiger partial charge is 0.419 e. The molecular weight excluding hydrogens is 338 g/mol. The molecule has 0 bridgehead atoms. The molecule has 3 rings (SSSR count). The summed E-state index contributed by atoms with van der Waals surface area (Å²) in [4.78, 5) is 23.9. The summed E-state index contributed by atoms with van der Waals surface area (Å²) in [6.45, 7) is 2.94. The number of anilines is 1. The van der Waals surface area contributed by atoms with Crippen LogP contribution in [0.5, 0.6) is 0 Å². The van der Waals surface area contributed by atoms with Crippen molar-refractivity contribution in [1.82, 2.24) is 20.6 Å². The number of nitrogens with zero attached hydrogens (tertiary/aromatic N) is 3. The predicted molar refractivity (Wildman–Crippen MR) is 82.6 cm³/mol. The van der Waals surface area contributed by atoms with Gasteiger partial charge in [-0.25, -0.2) is 9.59 Å². The summed E-state index contributed by atoms with van der Waals surface area (Å²) >= 11 is 5.99. The lowest BCUT2D eigenvalue weighted by Gasteiger charge is -2.29. The Balaban J connectivity index is 1.91. The summed E-state index contributed by atoms with van der Waals surface area (Å²) < 4.78 is 10.0. The van der Waals surface area contributed by atoms with Crippen LogP contribution < -0.4 is 5.32 Å². The van der Waals surface area contributed by atoms with Gasteiger partial charge >= 0.3 is 11.9 Å². The van der Waals surface area contributed by atoms with Crippen LogP contribution in [0.3, 0.4) is 0 Å². The van der Waals surface area contributed by atoms with Gasteiger partial charge in [0, 0.05) is 30.6 Å². The number of esters is 2. The van der Waals surface area contributed by atoms with E-state index in [2.05, 4.69) is 25.9 Å². The number of hydrogen-bond acceptors (Lipinski definition) is 8. The number of tetrazole rings is 1. The Bertz CT molecular complexity index is 810. The number of benzene rings is 1. The molecule has 0 atom stereocenters. The summed E-state index contributed by atoms with van der Waals surface area (Å²) in [6.07, 6.45) is 1.19. The van der Waals surface area contributed by atoms with Crippen molar-refractivity contribution in [2.75, 3.05) is 5.32 Å². The first-order valence-corrected chi connectivity index (χ1v) is 7.20. The van der Waals surface area contributed by atoms with Crippen LogP contribution in [0.25, 0.3) is 11.4 Å². The highest BCUT2D eigenvalue weighted by atomic mass is 35.5. The number of carbonyl (C=O) groups excluding carboxylic acids is 2. The van der Waals surface area contributed by atoms with E-state index in [9.17, 15) is 9.59 Å². The minimum atomic E-state index is -1.29. The van der Waals surface area contributed by atoms with Crippen LogP contribution in [0.1, 0.15) is 13.8 Å². The van der Waals surface area contributed by atoms with Crippen LogP contribution in [0.15, 0.2) is 30.0 Å². The highest BCUT2D eigenvalue weighted by Crippen LogP contribution is 2.29. The topological polar surface area (TPSA) is 119 Å². The Morgan fingerprint density at radius 1 is 1.25 bits per heavy atom. The molecule has 2 N–H and O–H groups in total. The molecule has 1 aromatic carbocycles. The van der Waals surface area contributed by atoms with E-state index >= 15 is 0 Å². The molecule has 1 aliphatic rings. The number of carbonyl (C=O) groups is 2. The number of H-pyrrole nitrogens is 1. The standard InChI is InChI=1S/C14H12ClN5O4/c1-14(2)23-12(21)9(13(22)24-14)6-16-10-5-7(15)3-4-8(10)11-17-19-20-18-11/h3-6,16H,1-2H3,(H,17,18,19,20). The molecular formula is C14H12ClN5O4. The van der Waals surface area contributed by atoms with Crippen LogP contribution in [-0.2, 0) is 19.1 Å². The number of rotatable bonds is 3. The predicted octanol–water partition coefficient (Wildman–Crippen LogP) is 1.65. The maximum Gasteiger partial charge on any atom is 0.350 e. The van der Waals surface area contributed by atoms with Crippen LogP contribution >= 0.6 is 11.6 Å². The molecule has 9 nitrogen and oxygen atoms in total. The van der Waals surface area contributed by atoms with E-state index in [-0.39, 0.29) is 5.57 Å². The van der Waals surface area contributed by atoms with Gasteiger partial charge in [0.25, 0.3) is 5.79 Å². The second kappa shape index (κ2) is 5.93. The van der Waals surface area contributed by atoms with Gasteiger partial charge in [0.15, 0.2) is 5.57 Å². The lowest BCUT2D eigenvalue weighted by Crippen LogP contribution is -2.42. The highest BCUT2D eigenvalue weighted by Gasteiger charge is 2.39. The van der Waals surface area contributed by atoms with Crippen LogP contribution in [-0.4, -0.2) is 38.3 Å². The number of hydrogen-bond donors (Lipinski definition) is 2. The fraction of sp³-hybridized carbons (Fsp3) is 0.214. The minimum Gasteiger partial charge on any atom is -0.419 e. The van der Waals surface area contributed by atoms with Crippen molar-refractivity contribution >= 4 is 29.2 Å². The summed E-state index contributed by atoms with van der Waals surface area (Å²) in [6, 6.07) is 4.92. The number of aromatic nitrogens is 4. The summed E-state index contributed by atoms with van der Waals surface area (Å²) in [5.41, 5.74) is 0.776. The Kier molecular flexibility index (Phi) is 3.94. The van der Waals surface area contributed by atoms with E-state index in [1.54, 1.807) is 18.2 Å². The third kappa shape index (κ3) is 3.20. The quantitative estimate of drug-likeness (QED) is 0.487. The Morgan fingerprint density at radius 3 is 2.58 bits per heavy atom. The normalized spacial score (nSPS) is 16.4. The second-order valence-corrected chi connectivity index (χ2v) is 5.74. The highest BCUT2D eigenvalue weighted by molar-refractivity contribution is 6.31. The van der Waals surface area contributed by atoms with E-state index < -0.39 is 17.7 Å². The van der Waals surface area contributed by atoms with Crippen molar-refractivity contribution in [3.05, 3.63) is 35.0 Å². The third-order valence-corrected chi connectivity index (χ3v) is 3.29. The summed E-state index contributed by atoms with van der Waals surface area (Å²) in [7, 11) is 0. The smallest absolute Gasteiger partial charge is 0.350 e. The zero-order valence-electron chi connectivity index (χ0n) is 12.7. The average molecular weight is 350 g/mol. The zero-order chi connectivity index (χ0) is 17.3. The summed E-state index contributed by atoms with van der Waals surface area (Å²) in [5.74, 6) is -2.54. The van der Waals surface area contributed by atoms with Crippen molar-refractivity contribution in [2.24, 2.45) is 0 Å². The molecule has 0 saturated carbocycles. The van der Waals surface area contributed by atoms with E-state index in [4.69, 9.17) is 21.1 Å². The number of halogens is 1. The van der Waals surface area contributed by atoms with Crippen molar-refractivity contribution < 1.29 is 19.1 Å². The minimum absolute atomic E-state index is 0.270. The van der Waals surface area contributed by atoms with Crippen molar-refractivity contribution in [2.45, 2.75) is 19.6 Å². The van der Waals surface area contributed by atoms with Gasteiger partial charge in [0.2, 0.25) is 5.82 Å². The van der Waals surface area contributed by atoms with Gasteiger partial charge in [-0.3, -0.25) is 0 Å². The van der Waals surface area contributed by atoms with Crippen molar-refractivity contribution in [3.8, 4) is 11.4 Å². The van der Waals surface area contributed by atoms with Gasteiger partial charge in [0.1, 0.15) is 0 Å². The molecule has 0 aliphatic carbocycles. The molecule has 10 heteroatoms. The molecule has 2 aromatic rings. The zero-order valence-corrected chi connectivity index (χ0v) is 13.4. The van der Waals surface area contributed by atoms with E-state index in [1.165, 1.54) is 20.0 Å². The van der Waals surface area contributed by atoms with E-state index in [1.807, 2.05) is 0 Å². The fourth-order valence-corrected chi connectivity index (χ4v) is 2.21. The molecule has 124 valence electrons. The van der Waals surface area contributed by atoms with Crippen molar-refractivity contribution in [3.63, 3.8) is 0 Å². The van der Waals surface area contributed by atoms with Gasteiger partial charge in [0.05, 0.1) is 5.69 Å². The maximum atomic E-state index is 11.9. The van der Waals surface area contributed by atoms with Gasteiger partial charge in [-0.1, -0.05) is 11.6 Å².